The van der Waals surface area contributed by atoms with Gasteiger partial charge >= 0.3 is 0 Å². The van der Waals surface area contributed by atoms with Gasteiger partial charge in [-0.2, -0.15) is 0 Å². The number of ether oxygens (including phenoxy) is 1. The number of phenolic OH excluding ortho intramolecular Hbond substituents is 1. The van der Waals surface area contributed by atoms with Crippen molar-refractivity contribution in [3.05, 3.63) is 59.7 Å². The topological polar surface area (TPSA) is 105 Å². The van der Waals surface area contributed by atoms with E-state index >= 15 is 0 Å². The predicted molar refractivity (Wildman–Crippen MR) is 105 cm³/mol. The molecule has 2 aromatic rings. The number of nitrogens with two attached hydrogens (primary N) is 1. The van der Waals surface area contributed by atoms with E-state index in [-0.39, 0.29) is 18.4 Å². The lowest BCUT2D eigenvalue weighted by molar-refractivity contribution is 0.1000. The Bertz CT molecular complexity index is 733. The third-order valence-electron chi connectivity index (χ3n) is 4.59. The molecule has 2 aromatic carbocycles. The zero-order valence-corrected chi connectivity index (χ0v) is 15.8. The largest absolute Gasteiger partial charge is 0.508 e. The van der Waals surface area contributed by atoms with E-state index in [0.29, 0.717) is 23.8 Å². The van der Waals surface area contributed by atoms with Gasteiger partial charge in [0.2, 0.25) is 5.91 Å². The molecule has 2 rings (SSSR count). The zero-order chi connectivity index (χ0) is 19.8. The molecule has 3 atom stereocenters. The second-order valence-electron chi connectivity index (χ2n) is 6.90. The molecule has 0 saturated carbocycles. The summed E-state index contributed by atoms with van der Waals surface area (Å²) in [6, 6.07) is 14.0. The normalized spacial score (nSPS) is 14.3. The van der Waals surface area contributed by atoms with Crippen molar-refractivity contribution in [2.75, 3.05) is 13.2 Å². The van der Waals surface area contributed by atoms with Gasteiger partial charge in [0.05, 0.1) is 0 Å². The van der Waals surface area contributed by atoms with Crippen LogP contribution in [-0.2, 0) is 6.42 Å². The van der Waals surface area contributed by atoms with Gasteiger partial charge in [-0.1, -0.05) is 25.1 Å². The maximum atomic E-state index is 11.1. The van der Waals surface area contributed by atoms with Gasteiger partial charge in [0, 0.05) is 24.2 Å². The van der Waals surface area contributed by atoms with Crippen LogP contribution in [0.1, 0.15) is 29.8 Å². The molecule has 0 spiro atoms. The maximum Gasteiger partial charge on any atom is 0.248 e. The number of primary amides is 1. The number of benzene rings is 2. The Balaban J connectivity index is 1.73. The van der Waals surface area contributed by atoms with Crippen molar-refractivity contribution in [3.8, 4) is 11.5 Å². The Morgan fingerprint density at radius 1 is 1.19 bits per heavy atom. The highest BCUT2D eigenvalue weighted by molar-refractivity contribution is 5.92. The predicted octanol–water partition coefficient (Wildman–Crippen LogP) is 2.09. The van der Waals surface area contributed by atoms with Crippen LogP contribution in [0.5, 0.6) is 11.5 Å². The molecule has 0 radical (unpaired) electrons. The number of aromatic hydroxyl groups is 1. The lowest BCUT2D eigenvalue weighted by Gasteiger charge is -2.23. The minimum Gasteiger partial charge on any atom is -0.508 e. The summed E-state index contributed by atoms with van der Waals surface area (Å²) in [5, 5.41) is 22.8. The van der Waals surface area contributed by atoms with Crippen LogP contribution in [0.15, 0.2) is 48.5 Å². The third-order valence-corrected chi connectivity index (χ3v) is 4.59. The molecule has 0 aliphatic heterocycles. The number of hydrogen-bond donors (Lipinski definition) is 4. The van der Waals surface area contributed by atoms with E-state index < -0.39 is 12.0 Å². The Hall–Kier alpha value is -2.57. The highest BCUT2D eigenvalue weighted by atomic mass is 16.5. The lowest BCUT2D eigenvalue weighted by atomic mass is 9.94. The van der Waals surface area contributed by atoms with Crippen molar-refractivity contribution >= 4 is 5.91 Å². The van der Waals surface area contributed by atoms with Gasteiger partial charge in [-0.3, -0.25) is 4.79 Å². The van der Waals surface area contributed by atoms with E-state index in [1.807, 2.05) is 12.1 Å². The molecular weight excluding hydrogens is 344 g/mol. The summed E-state index contributed by atoms with van der Waals surface area (Å²) in [7, 11) is 0. The fraction of sp³-hybridized carbons (Fsp3) is 0.381. The summed E-state index contributed by atoms with van der Waals surface area (Å²) >= 11 is 0. The number of aliphatic hydroxyl groups is 1. The van der Waals surface area contributed by atoms with Crippen molar-refractivity contribution in [2.24, 2.45) is 11.7 Å². The fourth-order valence-corrected chi connectivity index (χ4v) is 2.70. The summed E-state index contributed by atoms with van der Waals surface area (Å²) < 4.78 is 5.48. The summed E-state index contributed by atoms with van der Waals surface area (Å²) in [6.07, 6.45) is 0.195. The van der Waals surface area contributed by atoms with Gasteiger partial charge in [0.25, 0.3) is 0 Å². The Kier molecular flexibility index (Phi) is 7.64. The monoisotopic (exact) mass is 372 g/mol. The second-order valence-corrected chi connectivity index (χ2v) is 6.90. The summed E-state index contributed by atoms with van der Waals surface area (Å²) in [4.78, 5) is 11.1. The van der Waals surface area contributed by atoms with E-state index in [1.54, 1.807) is 30.3 Å². The van der Waals surface area contributed by atoms with Crippen LogP contribution in [0.2, 0.25) is 0 Å². The Labute approximate surface area is 160 Å². The van der Waals surface area contributed by atoms with Gasteiger partial charge in [-0.05, 0) is 49.1 Å². The van der Waals surface area contributed by atoms with Crippen LogP contribution >= 0.6 is 0 Å². The van der Waals surface area contributed by atoms with E-state index in [1.165, 1.54) is 6.07 Å². The molecule has 0 saturated heterocycles. The molecule has 0 fully saturated rings. The molecule has 0 aliphatic rings. The number of aliphatic hydroxyl groups excluding tert-OH is 1. The number of rotatable bonds is 10. The molecule has 0 bridgehead atoms. The fourth-order valence-electron chi connectivity index (χ4n) is 2.70. The molecule has 146 valence electrons. The van der Waals surface area contributed by atoms with Crippen LogP contribution in [0.3, 0.4) is 0 Å². The quantitative estimate of drug-likeness (QED) is 0.511. The average molecular weight is 372 g/mol. The summed E-state index contributed by atoms with van der Waals surface area (Å²) in [6.45, 7) is 4.76. The van der Waals surface area contributed by atoms with Gasteiger partial charge < -0.3 is 26.0 Å². The molecule has 1 amide bonds. The number of amides is 1. The Morgan fingerprint density at radius 2 is 1.89 bits per heavy atom. The smallest absolute Gasteiger partial charge is 0.248 e. The molecule has 0 aromatic heterocycles. The highest BCUT2D eigenvalue weighted by Gasteiger charge is 2.15. The van der Waals surface area contributed by atoms with Crippen molar-refractivity contribution in [1.82, 2.24) is 5.32 Å². The average Bonchev–Trinajstić information content (AvgIpc) is 2.64. The number of phenols is 1. The minimum atomic E-state index is -0.656. The molecule has 5 N–H and O–H groups in total. The Morgan fingerprint density at radius 3 is 2.52 bits per heavy atom. The van der Waals surface area contributed by atoms with Crippen molar-refractivity contribution in [3.63, 3.8) is 0 Å². The van der Waals surface area contributed by atoms with Crippen LogP contribution in [0.4, 0.5) is 0 Å². The van der Waals surface area contributed by atoms with E-state index in [2.05, 4.69) is 19.2 Å². The van der Waals surface area contributed by atoms with Gasteiger partial charge in [0.1, 0.15) is 24.2 Å². The molecule has 6 heteroatoms. The van der Waals surface area contributed by atoms with Crippen LogP contribution in [-0.4, -0.2) is 41.4 Å². The molecule has 0 aliphatic carbocycles. The molecular formula is C21H28N2O4. The first-order valence-corrected chi connectivity index (χ1v) is 9.07. The van der Waals surface area contributed by atoms with Gasteiger partial charge in [-0.15, -0.1) is 0 Å². The SMILES string of the molecule is CC(Cc1ccc(C(N)=O)cc1)C(C)NCC(O)COc1cccc(O)c1. The maximum absolute atomic E-state index is 11.1. The third kappa shape index (κ3) is 6.92. The number of nitrogens with one attached hydrogen (secondary N) is 1. The molecule has 0 heterocycles. The minimum absolute atomic E-state index is 0.131. The van der Waals surface area contributed by atoms with Crippen molar-refractivity contribution in [2.45, 2.75) is 32.4 Å². The van der Waals surface area contributed by atoms with Gasteiger partial charge in [-0.25, -0.2) is 0 Å². The summed E-state index contributed by atoms with van der Waals surface area (Å²) in [5.41, 5.74) is 6.90. The van der Waals surface area contributed by atoms with Crippen molar-refractivity contribution < 1.29 is 19.7 Å². The number of carbonyl (C=O) groups is 1. The van der Waals surface area contributed by atoms with Crippen LogP contribution in [0.25, 0.3) is 0 Å². The van der Waals surface area contributed by atoms with E-state index in [4.69, 9.17) is 10.5 Å². The van der Waals surface area contributed by atoms with Gasteiger partial charge in [0.15, 0.2) is 0 Å². The highest BCUT2D eigenvalue weighted by Crippen LogP contribution is 2.18. The lowest BCUT2D eigenvalue weighted by Crippen LogP contribution is -2.40. The number of carbonyl (C=O) groups excluding carboxylic acids is 1. The van der Waals surface area contributed by atoms with Crippen LogP contribution in [0, 0.1) is 5.92 Å². The van der Waals surface area contributed by atoms with E-state index in [9.17, 15) is 15.0 Å². The first-order valence-electron chi connectivity index (χ1n) is 9.07. The zero-order valence-electron chi connectivity index (χ0n) is 15.8. The summed E-state index contributed by atoms with van der Waals surface area (Å²) in [5.74, 6) is 0.566. The van der Waals surface area contributed by atoms with E-state index in [0.717, 1.165) is 12.0 Å². The standard InChI is InChI=1S/C21H28N2O4/c1-14(10-16-6-8-17(9-7-16)21(22)26)15(2)23-12-19(25)13-27-20-5-3-4-18(24)11-20/h3-9,11,14-15,19,23-25H,10,12-13H2,1-2H3,(H2,22,26). The number of hydrogen-bond acceptors (Lipinski definition) is 5. The van der Waals surface area contributed by atoms with Crippen LogP contribution < -0.4 is 15.8 Å². The second kappa shape index (κ2) is 9.94. The molecule has 3 unspecified atom stereocenters. The first-order chi connectivity index (χ1) is 12.8. The molecule has 6 nitrogen and oxygen atoms in total. The first kappa shape index (κ1) is 20.7. The van der Waals surface area contributed by atoms with Crippen molar-refractivity contribution in [1.29, 1.82) is 0 Å². The molecule has 27 heavy (non-hydrogen) atoms.